The van der Waals surface area contributed by atoms with Crippen molar-refractivity contribution < 1.29 is 9.59 Å². The summed E-state index contributed by atoms with van der Waals surface area (Å²) in [6.07, 6.45) is 5.21. The number of hydrogen-bond donors (Lipinski definition) is 2. The Morgan fingerprint density at radius 2 is 1.84 bits per heavy atom. The molecule has 2 fully saturated rings. The van der Waals surface area contributed by atoms with Crippen LogP contribution in [0.5, 0.6) is 0 Å². The van der Waals surface area contributed by atoms with E-state index in [1.54, 1.807) is 4.90 Å². The Morgan fingerprint density at radius 1 is 1.26 bits per heavy atom. The van der Waals surface area contributed by atoms with E-state index in [0.717, 1.165) is 12.8 Å². The molecule has 0 aromatic rings. The normalized spacial score (nSPS) is 29.5. The second-order valence-corrected chi connectivity index (χ2v) is 6.26. The summed E-state index contributed by atoms with van der Waals surface area (Å²) in [4.78, 5) is 25.0. The fourth-order valence-electron chi connectivity index (χ4n) is 3.43. The molecule has 0 aliphatic carbocycles. The van der Waals surface area contributed by atoms with Gasteiger partial charge in [-0.05, 0) is 45.4 Å². The zero-order chi connectivity index (χ0) is 14.0. The molecule has 5 heteroatoms. The van der Waals surface area contributed by atoms with Gasteiger partial charge in [-0.1, -0.05) is 0 Å². The summed E-state index contributed by atoms with van der Waals surface area (Å²) in [6, 6.07) is 1.22. The summed E-state index contributed by atoms with van der Waals surface area (Å²) in [7, 11) is 0. The minimum absolute atomic E-state index is 0.0263. The van der Waals surface area contributed by atoms with E-state index in [1.807, 2.05) is 13.8 Å². The van der Waals surface area contributed by atoms with Gasteiger partial charge in [-0.25, -0.2) is 0 Å². The molecule has 0 aromatic carbocycles. The van der Waals surface area contributed by atoms with Gasteiger partial charge in [0.1, 0.15) is 0 Å². The predicted octanol–water partition coefficient (Wildman–Crippen LogP) is 0.629. The first-order valence-corrected chi connectivity index (χ1v) is 7.29. The van der Waals surface area contributed by atoms with Crippen molar-refractivity contribution in [2.75, 3.05) is 6.54 Å². The lowest BCUT2D eigenvalue weighted by Crippen LogP contribution is -2.45. The third-order valence-electron chi connectivity index (χ3n) is 4.30. The van der Waals surface area contributed by atoms with Crippen LogP contribution in [-0.4, -0.2) is 41.4 Å². The molecule has 5 nitrogen and oxygen atoms in total. The van der Waals surface area contributed by atoms with E-state index < -0.39 is 5.91 Å². The topological polar surface area (TPSA) is 75.4 Å². The number of hydrogen-bond acceptors (Lipinski definition) is 3. The Balaban J connectivity index is 1.89. The smallest absolute Gasteiger partial charge is 0.237 e. The van der Waals surface area contributed by atoms with Gasteiger partial charge in [-0.3, -0.25) is 9.59 Å². The van der Waals surface area contributed by atoms with Crippen molar-refractivity contribution in [3.63, 3.8) is 0 Å². The van der Waals surface area contributed by atoms with Crippen LogP contribution < -0.4 is 11.1 Å². The fraction of sp³-hybridized carbons (Fsp3) is 0.857. The van der Waals surface area contributed by atoms with Gasteiger partial charge in [0.15, 0.2) is 0 Å². The highest BCUT2D eigenvalue weighted by atomic mass is 16.2. The molecule has 0 aromatic heterocycles. The highest BCUT2D eigenvalue weighted by Gasteiger charge is 2.35. The van der Waals surface area contributed by atoms with E-state index in [4.69, 9.17) is 5.73 Å². The first-order valence-electron chi connectivity index (χ1n) is 7.29. The molecule has 2 aliphatic heterocycles. The molecule has 2 rings (SSSR count). The van der Waals surface area contributed by atoms with E-state index in [2.05, 4.69) is 5.32 Å². The predicted molar refractivity (Wildman–Crippen MR) is 73.3 cm³/mol. The lowest BCUT2D eigenvalue weighted by Gasteiger charge is -2.31. The minimum atomic E-state index is -0.438. The quantitative estimate of drug-likeness (QED) is 0.767. The van der Waals surface area contributed by atoms with E-state index >= 15 is 0 Å². The van der Waals surface area contributed by atoms with Crippen molar-refractivity contribution in [3.05, 3.63) is 0 Å². The standard InChI is InChI=1S/C14H25N3O2/c1-9(2)17(8-13(15)18)14(19)7-10-5-11-3-4-12(6-10)16-11/h9-12,16H,3-8H2,1-2H3,(H2,15,18). The molecular formula is C14H25N3O2. The molecule has 0 spiro atoms. The molecule has 108 valence electrons. The van der Waals surface area contributed by atoms with Crippen LogP contribution in [0.15, 0.2) is 0 Å². The van der Waals surface area contributed by atoms with Gasteiger partial charge in [0.2, 0.25) is 11.8 Å². The monoisotopic (exact) mass is 267 g/mol. The molecule has 0 radical (unpaired) electrons. The van der Waals surface area contributed by atoms with Crippen LogP contribution in [0.25, 0.3) is 0 Å². The SMILES string of the molecule is CC(C)N(CC(N)=O)C(=O)CC1CC2CCC(C1)N2. The maximum atomic E-state index is 12.3. The number of carbonyl (C=O) groups is 2. The van der Waals surface area contributed by atoms with Gasteiger partial charge < -0.3 is 16.0 Å². The third-order valence-corrected chi connectivity index (χ3v) is 4.30. The van der Waals surface area contributed by atoms with Crippen molar-refractivity contribution in [1.29, 1.82) is 0 Å². The summed E-state index contributed by atoms with van der Waals surface area (Å²) >= 11 is 0. The Labute approximate surface area is 114 Å². The van der Waals surface area contributed by atoms with Crippen LogP contribution in [0, 0.1) is 5.92 Å². The van der Waals surface area contributed by atoms with Gasteiger partial charge in [-0.2, -0.15) is 0 Å². The number of amides is 2. The van der Waals surface area contributed by atoms with Crippen LogP contribution in [0.3, 0.4) is 0 Å². The van der Waals surface area contributed by atoms with Crippen molar-refractivity contribution in [2.45, 2.75) is 64.1 Å². The maximum Gasteiger partial charge on any atom is 0.237 e. The molecule has 0 saturated carbocycles. The van der Waals surface area contributed by atoms with E-state index in [1.165, 1.54) is 12.8 Å². The van der Waals surface area contributed by atoms with Crippen molar-refractivity contribution >= 4 is 11.8 Å². The maximum absolute atomic E-state index is 12.3. The number of nitrogens with zero attached hydrogens (tertiary/aromatic N) is 1. The Bertz CT molecular complexity index is 345. The third kappa shape index (κ3) is 3.69. The Morgan fingerprint density at radius 3 is 2.32 bits per heavy atom. The van der Waals surface area contributed by atoms with Crippen LogP contribution in [-0.2, 0) is 9.59 Å². The minimum Gasteiger partial charge on any atom is -0.368 e. The van der Waals surface area contributed by atoms with E-state index in [0.29, 0.717) is 24.4 Å². The summed E-state index contributed by atoms with van der Waals surface area (Å²) < 4.78 is 0. The molecule has 2 atom stereocenters. The molecule has 19 heavy (non-hydrogen) atoms. The van der Waals surface area contributed by atoms with Crippen molar-refractivity contribution in [1.82, 2.24) is 10.2 Å². The van der Waals surface area contributed by atoms with E-state index in [-0.39, 0.29) is 18.5 Å². The largest absolute Gasteiger partial charge is 0.368 e. The van der Waals surface area contributed by atoms with E-state index in [9.17, 15) is 9.59 Å². The molecule has 2 amide bonds. The average Bonchev–Trinajstić information content (AvgIpc) is 2.65. The molecule has 2 heterocycles. The number of nitrogens with one attached hydrogen (secondary N) is 1. The zero-order valence-corrected chi connectivity index (χ0v) is 11.9. The van der Waals surface area contributed by atoms with Crippen molar-refractivity contribution in [2.24, 2.45) is 11.7 Å². The molecule has 2 bridgehead atoms. The number of fused-ring (bicyclic) bond motifs is 2. The van der Waals surface area contributed by atoms with Crippen LogP contribution in [0.4, 0.5) is 0 Å². The van der Waals surface area contributed by atoms with Gasteiger partial charge in [0, 0.05) is 24.5 Å². The number of nitrogens with two attached hydrogens (primary N) is 1. The Hall–Kier alpha value is -1.10. The Kier molecular flexibility index (Phi) is 4.45. The lowest BCUT2D eigenvalue weighted by molar-refractivity contribution is -0.138. The molecule has 3 N–H and O–H groups in total. The van der Waals surface area contributed by atoms with Crippen LogP contribution in [0.2, 0.25) is 0 Å². The summed E-state index contributed by atoms with van der Waals surface area (Å²) in [5, 5.41) is 3.58. The highest BCUT2D eigenvalue weighted by Crippen LogP contribution is 2.33. The number of piperidine rings is 1. The van der Waals surface area contributed by atoms with Gasteiger partial charge in [0.05, 0.1) is 6.54 Å². The second kappa shape index (κ2) is 5.90. The molecule has 2 saturated heterocycles. The first kappa shape index (κ1) is 14.3. The molecule has 2 aliphatic rings. The first-order chi connectivity index (χ1) is 8.95. The molecule has 2 unspecified atom stereocenters. The van der Waals surface area contributed by atoms with Crippen LogP contribution in [0.1, 0.15) is 46.0 Å². The van der Waals surface area contributed by atoms with Gasteiger partial charge in [0.25, 0.3) is 0 Å². The average molecular weight is 267 g/mol. The van der Waals surface area contributed by atoms with Crippen LogP contribution >= 0.6 is 0 Å². The number of primary amides is 1. The second-order valence-electron chi connectivity index (χ2n) is 6.26. The fourth-order valence-corrected chi connectivity index (χ4v) is 3.43. The number of carbonyl (C=O) groups excluding carboxylic acids is 2. The molecular weight excluding hydrogens is 242 g/mol. The highest BCUT2D eigenvalue weighted by molar-refractivity contribution is 5.84. The summed E-state index contributed by atoms with van der Waals surface area (Å²) in [5.41, 5.74) is 5.21. The number of rotatable bonds is 5. The lowest BCUT2D eigenvalue weighted by atomic mass is 9.89. The zero-order valence-electron chi connectivity index (χ0n) is 11.9. The van der Waals surface area contributed by atoms with Gasteiger partial charge >= 0.3 is 0 Å². The summed E-state index contributed by atoms with van der Waals surface area (Å²) in [5.74, 6) is 0.0907. The van der Waals surface area contributed by atoms with Crippen molar-refractivity contribution in [3.8, 4) is 0 Å². The summed E-state index contributed by atoms with van der Waals surface area (Å²) in [6.45, 7) is 3.88. The van der Waals surface area contributed by atoms with Gasteiger partial charge in [-0.15, -0.1) is 0 Å².